The number of ether oxygens (including phenoxy) is 1. The Morgan fingerprint density at radius 3 is 2.66 bits per heavy atom. The zero-order chi connectivity index (χ0) is 20.5. The van der Waals surface area contributed by atoms with Gasteiger partial charge in [-0.1, -0.05) is 36.4 Å². The van der Waals surface area contributed by atoms with Crippen LogP contribution < -0.4 is 10.5 Å². The van der Waals surface area contributed by atoms with Crippen molar-refractivity contribution < 1.29 is 24.2 Å². The number of carbonyl (C=O) groups excluding carboxylic acids is 2. The summed E-state index contributed by atoms with van der Waals surface area (Å²) in [6.07, 6.45) is 6.38. The fourth-order valence-electron chi connectivity index (χ4n) is 3.70. The number of nitrogens with zero attached hydrogens (tertiary/aromatic N) is 2. The lowest BCUT2D eigenvalue weighted by molar-refractivity contribution is -0.139. The van der Waals surface area contributed by atoms with Crippen LogP contribution in [-0.4, -0.2) is 38.8 Å². The minimum Gasteiger partial charge on any atom is -0.479 e. The molecule has 2 heterocycles. The van der Waals surface area contributed by atoms with Gasteiger partial charge in [-0.3, -0.25) is 9.59 Å². The molecule has 2 aromatic heterocycles. The number of hydrogen-bond donors (Lipinski definition) is 2. The molecule has 0 bridgehead atoms. The number of aliphatic carboxylic acids is 1. The van der Waals surface area contributed by atoms with E-state index in [4.69, 9.17) is 15.6 Å². The molecule has 4 rings (SSSR count). The predicted octanol–water partition coefficient (Wildman–Crippen LogP) is 1.84. The van der Waals surface area contributed by atoms with Gasteiger partial charge >= 0.3 is 5.97 Å². The summed E-state index contributed by atoms with van der Waals surface area (Å²) in [5.41, 5.74) is 8.93. The molecule has 8 nitrogen and oxygen atoms in total. The number of ketones is 1. The van der Waals surface area contributed by atoms with Gasteiger partial charge in [0.1, 0.15) is 5.52 Å². The van der Waals surface area contributed by atoms with Crippen LogP contribution >= 0.6 is 0 Å². The number of aromatic nitrogens is 2. The largest absolute Gasteiger partial charge is 0.479 e. The van der Waals surface area contributed by atoms with Crippen molar-refractivity contribution in [3.8, 4) is 5.88 Å². The van der Waals surface area contributed by atoms with E-state index in [-0.39, 0.29) is 17.0 Å². The van der Waals surface area contributed by atoms with Crippen molar-refractivity contribution in [2.45, 2.75) is 12.8 Å². The van der Waals surface area contributed by atoms with Crippen molar-refractivity contribution in [2.24, 2.45) is 5.73 Å². The van der Waals surface area contributed by atoms with Crippen molar-refractivity contribution in [1.82, 2.24) is 9.38 Å². The molecular formula is C21H17N3O5. The van der Waals surface area contributed by atoms with Crippen LogP contribution in [0.2, 0.25) is 0 Å². The number of primary amides is 1. The van der Waals surface area contributed by atoms with E-state index in [0.717, 1.165) is 16.8 Å². The number of fused-ring (bicyclic) bond motifs is 3. The van der Waals surface area contributed by atoms with Gasteiger partial charge in [0.05, 0.1) is 11.3 Å². The van der Waals surface area contributed by atoms with Gasteiger partial charge in [0, 0.05) is 18.0 Å². The van der Waals surface area contributed by atoms with Gasteiger partial charge in [0.2, 0.25) is 5.88 Å². The number of benzene rings is 1. The highest BCUT2D eigenvalue weighted by Gasteiger charge is 2.31. The van der Waals surface area contributed by atoms with Crippen LogP contribution in [0.5, 0.6) is 5.88 Å². The van der Waals surface area contributed by atoms with Gasteiger partial charge in [-0.05, 0) is 24.0 Å². The molecule has 1 aliphatic rings. The molecule has 0 atom stereocenters. The van der Waals surface area contributed by atoms with Crippen LogP contribution in [0.1, 0.15) is 33.6 Å². The van der Waals surface area contributed by atoms with E-state index >= 15 is 0 Å². The highest BCUT2D eigenvalue weighted by Crippen LogP contribution is 2.39. The van der Waals surface area contributed by atoms with Crippen LogP contribution in [0.4, 0.5) is 0 Å². The molecule has 29 heavy (non-hydrogen) atoms. The maximum atomic E-state index is 12.7. The number of hydrogen-bond acceptors (Lipinski definition) is 5. The molecule has 146 valence electrons. The molecule has 0 saturated carbocycles. The molecule has 0 spiro atoms. The Hall–Kier alpha value is -3.94. The van der Waals surface area contributed by atoms with Crippen molar-refractivity contribution >= 4 is 28.7 Å². The smallest absolute Gasteiger partial charge is 0.341 e. The zero-order valence-electron chi connectivity index (χ0n) is 15.3. The molecule has 0 aliphatic heterocycles. The lowest BCUT2D eigenvalue weighted by Gasteiger charge is -2.16. The van der Waals surface area contributed by atoms with Crippen molar-refractivity contribution in [1.29, 1.82) is 0 Å². The lowest BCUT2D eigenvalue weighted by atomic mass is 9.89. The highest BCUT2D eigenvalue weighted by atomic mass is 16.5. The predicted molar refractivity (Wildman–Crippen MR) is 104 cm³/mol. The summed E-state index contributed by atoms with van der Waals surface area (Å²) < 4.78 is 7.03. The van der Waals surface area contributed by atoms with Gasteiger partial charge in [0.25, 0.3) is 11.7 Å². The monoisotopic (exact) mass is 391 g/mol. The first-order chi connectivity index (χ1) is 14.0. The van der Waals surface area contributed by atoms with E-state index in [2.05, 4.69) is 11.1 Å². The van der Waals surface area contributed by atoms with Crippen LogP contribution in [0, 0.1) is 0 Å². The minimum atomic E-state index is -1.18. The van der Waals surface area contributed by atoms with Crippen LogP contribution in [0.15, 0.2) is 48.8 Å². The summed E-state index contributed by atoms with van der Waals surface area (Å²) in [5, 5.41) is 8.96. The maximum Gasteiger partial charge on any atom is 0.341 e. The van der Waals surface area contributed by atoms with E-state index in [9.17, 15) is 14.4 Å². The standard InChI is InChI=1S/C21H17N3O5/c22-20(28)19(27)16-14-8-4-7-13(12-5-2-1-3-6-12)17(14)24-10-9-23-21(18(16)24)29-11-15(25)26/h1-3,5-7,9-10H,4,8,11H2,(H2,22,28)(H,25,26). The Kier molecular flexibility index (Phi) is 4.59. The van der Waals surface area contributed by atoms with E-state index in [1.807, 2.05) is 30.3 Å². The van der Waals surface area contributed by atoms with Crippen molar-refractivity contribution in [2.75, 3.05) is 6.61 Å². The van der Waals surface area contributed by atoms with Gasteiger partial charge < -0.3 is 20.0 Å². The summed E-state index contributed by atoms with van der Waals surface area (Å²) in [5.74, 6) is -3.17. The molecule has 3 N–H and O–H groups in total. The second-order valence-corrected chi connectivity index (χ2v) is 6.55. The number of Topliss-reactive ketones (excluding diaryl/α,β-unsaturated/α-hetero) is 1. The molecular weight excluding hydrogens is 374 g/mol. The second kappa shape index (κ2) is 7.23. The third-order valence-corrected chi connectivity index (χ3v) is 4.78. The quantitative estimate of drug-likeness (QED) is 0.488. The van der Waals surface area contributed by atoms with Gasteiger partial charge in [0.15, 0.2) is 6.61 Å². The number of amides is 1. The summed E-state index contributed by atoms with van der Waals surface area (Å²) in [4.78, 5) is 39.5. The average Bonchev–Trinajstić information content (AvgIpc) is 3.07. The van der Waals surface area contributed by atoms with E-state index in [0.29, 0.717) is 18.4 Å². The summed E-state index contributed by atoms with van der Waals surface area (Å²) in [6.45, 7) is -0.631. The number of rotatable bonds is 6. The minimum absolute atomic E-state index is 0.0405. The molecule has 0 radical (unpaired) electrons. The molecule has 1 aliphatic carbocycles. The normalized spacial score (nSPS) is 12.9. The van der Waals surface area contributed by atoms with Crippen LogP contribution in [0.25, 0.3) is 11.1 Å². The van der Waals surface area contributed by atoms with Crippen molar-refractivity contribution in [3.05, 3.63) is 71.2 Å². The number of carboxylic acids is 1. The molecule has 0 unspecified atom stereocenters. The lowest BCUT2D eigenvalue weighted by Crippen LogP contribution is -2.24. The summed E-state index contributed by atoms with van der Waals surface area (Å²) in [7, 11) is 0. The van der Waals surface area contributed by atoms with Crippen molar-refractivity contribution in [3.63, 3.8) is 0 Å². The molecule has 1 amide bonds. The number of allylic oxidation sites excluding steroid dienone is 1. The molecule has 8 heteroatoms. The topological polar surface area (TPSA) is 124 Å². The first-order valence-electron chi connectivity index (χ1n) is 8.95. The zero-order valence-corrected chi connectivity index (χ0v) is 15.3. The fraction of sp³-hybridized carbons (Fsp3) is 0.143. The Labute approximate surface area is 165 Å². The molecule has 1 aromatic carbocycles. The van der Waals surface area contributed by atoms with Crippen LogP contribution in [-0.2, 0) is 16.0 Å². The van der Waals surface area contributed by atoms with Gasteiger partial charge in [-0.25, -0.2) is 9.78 Å². The molecule has 0 fully saturated rings. The third-order valence-electron chi connectivity index (χ3n) is 4.78. The van der Waals surface area contributed by atoms with E-state index < -0.39 is 24.3 Å². The number of carbonyl (C=O) groups is 3. The third kappa shape index (κ3) is 3.14. The molecule has 0 saturated heterocycles. The van der Waals surface area contributed by atoms with Crippen LogP contribution in [0.3, 0.4) is 0 Å². The highest BCUT2D eigenvalue weighted by molar-refractivity contribution is 6.44. The number of nitrogens with two attached hydrogens (primary N) is 1. The Morgan fingerprint density at radius 2 is 1.97 bits per heavy atom. The Bertz CT molecular complexity index is 1180. The fourth-order valence-corrected chi connectivity index (χ4v) is 3.70. The van der Waals surface area contributed by atoms with E-state index in [1.54, 1.807) is 10.6 Å². The first-order valence-corrected chi connectivity index (χ1v) is 8.95. The van der Waals surface area contributed by atoms with Gasteiger partial charge in [-0.2, -0.15) is 0 Å². The SMILES string of the molecule is NC(=O)C(=O)c1c2c(n3ccnc(OCC(=O)O)c13)C(c1ccccc1)=CCC2. The summed E-state index contributed by atoms with van der Waals surface area (Å²) in [6, 6.07) is 9.66. The molecule has 3 aromatic rings. The van der Waals surface area contributed by atoms with Gasteiger partial charge in [-0.15, -0.1) is 0 Å². The second-order valence-electron chi connectivity index (χ2n) is 6.55. The first kappa shape index (κ1) is 18.4. The average molecular weight is 391 g/mol. The Morgan fingerprint density at radius 1 is 1.21 bits per heavy atom. The number of carboxylic acid groups (broad SMARTS) is 1. The Balaban J connectivity index is 2.02. The van der Waals surface area contributed by atoms with E-state index in [1.165, 1.54) is 6.20 Å². The summed E-state index contributed by atoms with van der Waals surface area (Å²) >= 11 is 0. The maximum absolute atomic E-state index is 12.7.